The van der Waals surface area contributed by atoms with Crippen LogP contribution in [0.5, 0.6) is 0 Å². The summed E-state index contributed by atoms with van der Waals surface area (Å²) in [5.74, 6) is 0. The Morgan fingerprint density at radius 2 is 1.46 bits per heavy atom. The van der Waals surface area contributed by atoms with E-state index in [0.717, 1.165) is 12.8 Å². The molecule has 0 unspecified atom stereocenters. The molecule has 4 aromatic rings. The zero-order valence-electron chi connectivity index (χ0n) is 29.3. The molecule has 0 radical (unpaired) electrons. The van der Waals surface area contributed by atoms with Crippen molar-refractivity contribution in [1.82, 2.24) is 0 Å². The van der Waals surface area contributed by atoms with E-state index in [1.807, 2.05) is 0 Å². The van der Waals surface area contributed by atoms with Crippen LogP contribution in [0, 0.1) is 13.0 Å². The number of hydrogen-bond acceptors (Lipinski definition) is 0. The molecule has 7 rings (SSSR count). The van der Waals surface area contributed by atoms with Crippen molar-refractivity contribution in [2.75, 3.05) is 0 Å². The molecule has 240 valence electrons. The molecule has 0 N–H and O–H groups in total. The predicted octanol–water partition coefficient (Wildman–Crippen LogP) is 5.03. The number of halogens is 2. The van der Waals surface area contributed by atoms with Crippen LogP contribution in [-0.4, -0.2) is 3.21 Å². The minimum absolute atomic E-state index is 0. The number of rotatable bonds is 2. The molecule has 3 aliphatic carbocycles. The van der Waals surface area contributed by atoms with Gasteiger partial charge in [0.1, 0.15) is 0 Å². The van der Waals surface area contributed by atoms with Crippen LogP contribution in [0.25, 0.3) is 23.3 Å². The van der Waals surface area contributed by atoms with Crippen molar-refractivity contribution in [3.05, 3.63) is 135 Å². The van der Waals surface area contributed by atoms with Crippen LogP contribution in [0.15, 0.2) is 72.8 Å². The summed E-state index contributed by atoms with van der Waals surface area (Å²) in [5, 5.41) is 0. The Kier molecular flexibility index (Phi) is 12.1. The molecule has 0 aliphatic heterocycles. The van der Waals surface area contributed by atoms with Crippen molar-refractivity contribution < 1.29 is 49.0 Å². The van der Waals surface area contributed by atoms with Gasteiger partial charge < -0.3 is 24.8 Å². The third-order valence-corrected chi connectivity index (χ3v) is 10.1. The summed E-state index contributed by atoms with van der Waals surface area (Å²) in [5.41, 5.74) is 17.6. The Labute approximate surface area is 306 Å². The van der Waals surface area contributed by atoms with Crippen molar-refractivity contribution in [2.45, 2.75) is 98.3 Å². The molecule has 46 heavy (non-hydrogen) atoms. The van der Waals surface area contributed by atoms with Crippen LogP contribution in [0.2, 0.25) is 0 Å². The van der Waals surface area contributed by atoms with Gasteiger partial charge in [-0.05, 0) is 45.9 Å². The monoisotopic (exact) mass is 724 g/mol. The van der Waals surface area contributed by atoms with Gasteiger partial charge in [-0.1, -0.05) is 96.9 Å². The van der Waals surface area contributed by atoms with Crippen molar-refractivity contribution >= 4 is 15.4 Å². The Bertz CT molecular complexity index is 1690. The zero-order valence-corrected chi connectivity index (χ0v) is 33.2. The van der Waals surface area contributed by atoms with E-state index in [1.54, 1.807) is 0 Å². The van der Waals surface area contributed by atoms with Gasteiger partial charge in [0.2, 0.25) is 0 Å². The van der Waals surface area contributed by atoms with Gasteiger partial charge in [0, 0.05) is 5.41 Å². The van der Waals surface area contributed by atoms with Crippen LogP contribution < -0.4 is 24.8 Å². The standard InChI is InChI=1S/C23H21.C11H17.C9H10.2ClH.Zr/c1-22(2)7-5-14-10-18-16(12-20(14)22)9-17-13-21-15(11-19(17)18)6-8-23(21,3)4;1-5-9-6-7-10(8-9)11(2,3)4;1-3-9-6-4-8(2)5-7-9;;;/h5-7,10-13H,9H2,1-4H3;6-8H,5H2,1-4H3;4-7H,1-2H3;2*1H;/q2*-1;;;;+2/p-2. The molecule has 4 aromatic carbocycles. The summed E-state index contributed by atoms with van der Waals surface area (Å²) in [4.78, 5) is 0. The van der Waals surface area contributed by atoms with Crippen molar-refractivity contribution in [2.24, 2.45) is 0 Å². The van der Waals surface area contributed by atoms with Gasteiger partial charge in [0.05, 0.1) is 0 Å². The number of aryl methyl sites for hydroxylation is 2. The van der Waals surface area contributed by atoms with Crippen LogP contribution in [-0.2, 0) is 53.3 Å². The van der Waals surface area contributed by atoms with Crippen molar-refractivity contribution in [3.63, 3.8) is 0 Å². The summed E-state index contributed by atoms with van der Waals surface area (Å²) in [6.45, 7) is 22.4. The first-order chi connectivity index (χ1) is 20.6. The summed E-state index contributed by atoms with van der Waals surface area (Å²) >= 11 is 1.51. The Balaban J connectivity index is 0.000000212. The minimum atomic E-state index is 0. The van der Waals surface area contributed by atoms with Gasteiger partial charge in [-0.2, -0.15) is 28.8 Å². The van der Waals surface area contributed by atoms with Crippen LogP contribution in [0.3, 0.4) is 0 Å². The molecule has 0 nitrogen and oxygen atoms in total. The van der Waals surface area contributed by atoms with E-state index in [4.69, 9.17) is 0 Å². The molecule has 3 aliphatic rings. The minimum Gasteiger partial charge on any atom is -1.00 e. The first kappa shape index (κ1) is 38.3. The van der Waals surface area contributed by atoms with Gasteiger partial charge in [0.25, 0.3) is 0 Å². The van der Waals surface area contributed by atoms with E-state index in [2.05, 4.69) is 160 Å². The average molecular weight is 727 g/mol. The zero-order chi connectivity index (χ0) is 32.0. The normalized spacial score (nSPS) is 15.1. The fourth-order valence-corrected chi connectivity index (χ4v) is 6.79. The maximum absolute atomic E-state index is 3.50. The third-order valence-electron chi connectivity index (χ3n) is 9.43. The first-order valence-corrected chi connectivity index (χ1v) is 17.4. The molecule has 3 heteroatoms. The van der Waals surface area contributed by atoms with Gasteiger partial charge in [-0.25, -0.2) is 12.1 Å². The first-order valence-electron chi connectivity index (χ1n) is 16.1. The van der Waals surface area contributed by atoms with Crippen LogP contribution in [0.4, 0.5) is 0 Å². The molecular weight excluding hydrogens is 679 g/mol. The fourth-order valence-electron chi connectivity index (χ4n) is 6.38. The van der Waals surface area contributed by atoms with Gasteiger partial charge in [-0.15, -0.1) is 11.6 Å². The topological polar surface area (TPSA) is 0 Å². The van der Waals surface area contributed by atoms with E-state index < -0.39 is 0 Å². The molecule has 0 saturated heterocycles. The summed E-state index contributed by atoms with van der Waals surface area (Å²) in [6.07, 6.45) is 12.5. The molecular formula is C43H48Cl2Zr-2. The molecule has 0 fully saturated rings. The molecule has 0 heterocycles. The van der Waals surface area contributed by atoms with Gasteiger partial charge in [-0.3, -0.25) is 6.08 Å². The number of allylic oxidation sites excluding steroid dienone is 2. The molecule has 0 aromatic heterocycles. The maximum Gasteiger partial charge on any atom is -1.00 e. The van der Waals surface area contributed by atoms with Crippen molar-refractivity contribution in [1.29, 1.82) is 0 Å². The summed E-state index contributed by atoms with van der Waals surface area (Å²) < 4.78 is 1.46. The van der Waals surface area contributed by atoms with E-state index in [0.29, 0.717) is 5.41 Å². The molecule has 0 saturated carbocycles. The average Bonchev–Trinajstić information content (AvgIpc) is 3.72. The Morgan fingerprint density at radius 1 is 0.870 bits per heavy atom. The second-order valence-corrected chi connectivity index (χ2v) is 16.8. The number of fused-ring (bicyclic) bond motifs is 5. The smallest absolute Gasteiger partial charge is 1.00 e. The summed E-state index contributed by atoms with van der Waals surface area (Å²) in [6, 6.07) is 25.1. The summed E-state index contributed by atoms with van der Waals surface area (Å²) in [7, 11) is 0. The fraction of sp³-hybridized carbons (Fsp3) is 0.349. The molecule has 0 amide bonds. The van der Waals surface area contributed by atoms with Gasteiger partial charge in [0.15, 0.2) is 0 Å². The van der Waals surface area contributed by atoms with Crippen LogP contribution >= 0.6 is 0 Å². The Hall–Kier alpha value is -2.18. The molecule has 0 spiro atoms. The van der Waals surface area contributed by atoms with E-state index in [-0.39, 0.29) is 35.6 Å². The second kappa shape index (κ2) is 14.5. The van der Waals surface area contributed by atoms with Crippen LogP contribution in [0.1, 0.15) is 118 Å². The quantitative estimate of drug-likeness (QED) is 0.224. The third kappa shape index (κ3) is 8.09. The number of hydrogen-bond donors (Lipinski definition) is 0. The predicted molar refractivity (Wildman–Crippen MR) is 189 cm³/mol. The largest absolute Gasteiger partial charge is 1.00 e. The van der Waals surface area contributed by atoms with E-state index in [9.17, 15) is 0 Å². The van der Waals surface area contributed by atoms with E-state index in [1.165, 1.54) is 94.2 Å². The van der Waals surface area contributed by atoms with E-state index >= 15 is 0 Å². The molecule has 0 bridgehead atoms. The number of benzene rings is 3. The SMILES string of the molecule is CC1(C)[C-]=Cc2cc3c(cc21)Cc1cc2c(cc1-3)C=CC2(C)C.CCc1cc(C(C)(C)C)c[cH-]1.C[C](=[Zr+2])c1ccc(C)cc1.[Cl-].[Cl-]. The van der Waals surface area contributed by atoms with Gasteiger partial charge >= 0.3 is 76.7 Å². The van der Waals surface area contributed by atoms with Crippen molar-refractivity contribution in [3.8, 4) is 11.1 Å². The second-order valence-electron chi connectivity index (χ2n) is 14.9. The Morgan fingerprint density at radius 3 is 1.98 bits per heavy atom. The molecule has 0 atom stereocenters. The maximum atomic E-state index is 3.50.